The minimum absolute atomic E-state index is 0.537. The molecule has 0 amide bonds. The maximum atomic E-state index is 4.55. The molecule has 0 aliphatic carbocycles. The minimum Gasteiger partial charge on any atom is -0.338 e. The summed E-state index contributed by atoms with van der Waals surface area (Å²) in [5.41, 5.74) is 1.93. The molecular weight excluding hydrogens is 264 g/mol. The monoisotopic (exact) mass is 280 g/mol. The third-order valence-corrected chi connectivity index (χ3v) is 3.80. The van der Waals surface area contributed by atoms with E-state index < -0.39 is 0 Å². The molecule has 0 unspecified atom stereocenters. The number of fused-ring (bicyclic) bond motifs is 1. The second-order valence-corrected chi connectivity index (χ2v) is 5.28. The smallest absolute Gasteiger partial charge is 0.270 e. The number of rotatable bonds is 2. The Bertz CT molecular complexity index is 745. The van der Waals surface area contributed by atoms with Gasteiger partial charge in [0.05, 0.1) is 11.9 Å². The van der Waals surface area contributed by atoms with Gasteiger partial charge in [-0.2, -0.15) is 4.52 Å². The molecule has 3 aromatic rings. The summed E-state index contributed by atoms with van der Waals surface area (Å²) < 4.78 is 1.72. The molecule has 0 bridgehead atoms. The fourth-order valence-electron chi connectivity index (χ4n) is 2.68. The van der Waals surface area contributed by atoms with Crippen molar-refractivity contribution in [3.05, 3.63) is 36.5 Å². The Balaban J connectivity index is 1.71. The van der Waals surface area contributed by atoms with E-state index in [9.17, 15) is 0 Å². The van der Waals surface area contributed by atoms with Gasteiger partial charge in [-0.3, -0.25) is 0 Å². The van der Waals surface area contributed by atoms with Gasteiger partial charge >= 0.3 is 0 Å². The van der Waals surface area contributed by atoms with Crippen molar-refractivity contribution in [2.45, 2.75) is 19.3 Å². The Morgan fingerprint density at radius 3 is 2.52 bits per heavy atom. The van der Waals surface area contributed by atoms with Gasteiger partial charge in [0, 0.05) is 18.7 Å². The van der Waals surface area contributed by atoms with Crippen molar-refractivity contribution >= 4 is 11.7 Å². The summed E-state index contributed by atoms with van der Waals surface area (Å²) in [5.74, 6) is 1.23. The Morgan fingerprint density at radius 2 is 1.71 bits per heavy atom. The van der Waals surface area contributed by atoms with Crippen molar-refractivity contribution in [3.63, 3.8) is 0 Å². The van der Waals surface area contributed by atoms with E-state index >= 15 is 0 Å². The van der Waals surface area contributed by atoms with E-state index in [0.29, 0.717) is 11.7 Å². The number of hydrogen-bond acceptors (Lipinski definition) is 5. The molecule has 1 saturated heterocycles. The zero-order chi connectivity index (χ0) is 14.1. The molecule has 1 aliphatic rings. The summed E-state index contributed by atoms with van der Waals surface area (Å²) in [6.07, 6.45) is 5.59. The molecular formula is C15H16N6. The highest BCUT2D eigenvalue weighted by Gasteiger charge is 2.15. The van der Waals surface area contributed by atoms with Crippen molar-refractivity contribution < 1.29 is 0 Å². The van der Waals surface area contributed by atoms with Crippen LogP contribution in [0.25, 0.3) is 17.0 Å². The van der Waals surface area contributed by atoms with Crippen LogP contribution in [-0.2, 0) is 0 Å². The van der Waals surface area contributed by atoms with Gasteiger partial charge in [0.25, 0.3) is 11.7 Å². The van der Waals surface area contributed by atoms with Crippen molar-refractivity contribution in [2.24, 2.45) is 0 Å². The maximum Gasteiger partial charge on any atom is 0.270 e. The first kappa shape index (κ1) is 12.3. The van der Waals surface area contributed by atoms with Crippen LogP contribution in [0.2, 0.25) is 0 Å². The summed E-state index contributed by atoms with van der Waals surface area (Å²) in [7, 11) is 0. The van der Waals surface area contributed by atoms with Crippen LogP contribution in [0.3, 0.4) is 0 Å². The highest BCUT2D eigenvalue weighted by Crippen LogP contribution is 2.18. The zero-order valence-corrected chi connectivity index (χ0v) is 11.7. The number of anilines is 1. The fourth-order valence-corrected chi connectivity index (χ4v) is 2.68. The number of benzene rings is 1. The minimum atomic E-state index is 0.537. The van der Waals surface area contributed by atoms with E-state index in [0.717, 1.165) is 24.3 Å². The standard InChI is InChI=1S/C15H16N6/c1-3-7-12(8-4-1)13-11-21-14(16-13)17-18-15(19-21)20-9-5-2-6-10-20/h1,3-4,7-8,11H,2,5-6,9-10H2. The summed E-state index contributed by atoms with van der Waals surface area (Å²) in [4.78, 5) is 6.67. The Hall–Kier alpha value is -2.50. The van der Waals surface area contributed by atoms with E-state index in [1.165, 1.54) is 19.3 Å². The lowest BCUT2D eigenvalue weighted by atomic mass is 10.1. The molecule has 2 aromatic heterocycles. The normalized spacial score (nSPS) is 15.5. The number of piperidine rings is 1. The van der Waals surface area contributed by atoms with E-state index in [1.54, 1.807) is 4.52 Å². The zero-order valence-electron chi connectivity index (χ0n) is 11.7. The molecule has 3 heterocycles. The maximum absolute atomic E-state index is 4.55. The van der Waals surface area contributed by atoms with Crippen LogP contribution < -0.4 is 4.90 Å². The van der Waals surface area contributed by atoms with E-state index in [2.05, 4.69) is 25.2 Å². The number of imidazole rings is 1. The average Bonchev–Trinajstić information content (AvgIpc) is 2.99. The van der Waals surface area contributed by atoms with Gasteiger partial charge in [-0.15, -0.1) is 15.3 Å². The molecule has 0 atom stereocenters. The van der Waals surface area contributed by atoms with Crippen LogP contribution in [0.4, 0.5) is 5.95 Å². The first-order chi connectivity index (χ1) is 10.4. The van der Waals surface area contributed by atoms with E-state index in [-0.39, 0.29) is 0 Å². The largest absolute Gasteiger partial charge is 0.338 e. The summed E-state index contributed by atoms with van der Waals surface area (Å²) in [5, 5.41) is 13.0. The van der Waals surface area contributed by atoms with Crippen LogP contribution in [0.15, 0.2) is 36.5 Å². The summed E-state index contributed by atoms with van der Waals surface area (Å²) in [6, 6.07) is 10.0. The predicted octanol–water partition coefficient (Wildman–Crippen LogP) is 2.18. The van der Waals surface area contributed by atoms with Crippen LogP contribution in [0.1, 0.15) is 19.3 Å². The molecule has 0 radical (unpaired) electrons. The second kappa shape index (κ2) is 5.12. The van der Waals surface area contributed by atoms with Gasteiger partial charge in [0.2, 0.25) is 0 Å². The van der Waals surface area contributed by atoms with E-state index in [1.807, 2.05) is 36.5 Å². The summed E-state index contributed by atoms with van der Waals surface area (Å²) >= 11 is 0. The lowest BCUT2D eigenvalue weighted by Crippen LogP contribution is -2.31. The molecule has 0 spiro atoms. The first-order valence-electron chi connectivity index (χ1n) is 7.31. The molecule has 6 nitrogen and oxygen atoms in total. The first-order valence-corrected chi connectivity index (χ1v) is 7.31. The highest BCUT2D eigenvalue weighted by atomic mass is 15.4. The SMILES string of the molecule is c1ccc(-c2cn3nc(N4CCCCC4)nnc3n2)cc1. The van der Waals surface area contributed by atoms with Gasteiger partial charge < -0.3 is 4.90 Å². The molecule has 1 aliphatic heterocycles. The van der Waals surface area contributed by atoms with Crippen LogP contribution in [0, 0.1) is 0 Å². The molecule has 1 fully saturated rings. The van der Waals surface area contributed by atoms with Gasteiger partial charge in [0.1, 0.15) is 0 Å². The predicted molar refractivity (Wildman–Crippen MR) is 80.1 cm³/mol. The van der Waals surface area contributed by atoms with E-state index in [4.69, 9.17) is 0 Å². The van der Waals surface area contributed by atoms with Crippen LogP contribution >= 0.6 is 0 Å². The molecule has 21 heavy (non-hydrogen) atoms. The van der Waals surface area contributed by atoms with Crippen molar-refractivity contribution in [1.82, 2.24) is 24.8 Å². The third kappa shape index (κ3) is 2.33. The molecule has 106 valence electrons. The second-order valence-electron chi connectivity index (χ2n) is 5.28. The van der Waals surface area contributed by atoms with Crippen molar-refractivity contribution in [1.29, 1.82) is 0 Å². The molecule has 0 N–H and O–H groups in total. The lowest BCUT2D eigenvalue weighted by molar-refractivity contribution is 0.560. The van der Waals surface area contributed by atoms with Gasteiger partial charge in [0.15, 0.2) is 0 Å². The Labute approximate surface area is 122 Å². The Morgan fingerprint density at radius 1 is 0.905 bits per heavy atom. The molecule has 0 saturated carbocycles. The van der Waals surface area contributed by atoms with Crippen LogP contribution in [0.5, 0.6) is 0 Å². The molecule has 4 rings (SSSR count). The fraction of sp³-hybridized carbons (Fsp3) is 0.333. The van der Waals surface area contributed by atoms with Crippen LogP contribution in [-0.4, -0.2) is 37.9 Å². The highest BCUT2D eigenvalue weighted by molar-refractivity contribution is 5.60. The van der Waals surface area contributed by atoms with Crippen molar-refractivity contribution in [2.75, 3.05) is 18.0 Å². The molecule has 6 heteroatoms. The quantitative estimate of drug-likeness (QED) is 0.720. The number of nitrogens with zero attached hydrogens (tertiary/aromatic N) is 6. The lowest BCUT2D eigenvalue weighted by Gasteiger charge is -2.25. The average molecular weight is 280 g/mol. The number of aromatic nitrogens is 5. The topological polar surface area (TPSA) is 59.2 Å². The molecule has 1 aromatic carbocycles. The summed E-state index contributed by atoms with van der Waals surface area (Å²) in [6.45, 7) is 2.01. The number of hydrogen-bond donors (Lipinski definition) is 0. The Kier molecular flexibility index (Phi) is 2.99. The van der Waals surface area contributed by atoms with Crippen molar-refractivity contribution in [3.8, 4) is 11.3 Å². The van der Waals surface area contributed by atoms with Gasteiger partial charge in [-0.25, -0.2) is 4.98 Å². The third-order valence-electron chi connectivity index (χ3n) is 3.80. The van der Waals surface area contributed by atoms with Gasteiger partial charge in [-0.1, -0.05) is 30.3 Å². The van der Waals surface area contributed by atoms with Gasteiger partial charge in [-0.05, 0) is 19.3 Å².